The maximum atomic E-state index is 0. The second-order valence-corrected chi connectivity index (χ2v) is 0. The fraction of sp³-hybridized carbons (Fsp3) is 0. The van der Waals surface area contributed by atoms with Gasteiger partial charge in [0, 0.05) is 37.7 Å². The summed E-state index contributed by atoms with van der Waals surface area (Å²) in [4.78, 5) is 0. The summed E-state index contributed by atoms with van der Waals surface area (Å²) >= 11 is 0. The predicted octanol–water partition coefficient (Wildman–Crippen LogP) is -2.43. The third-order valence-corrected chi connectivity index (χ3v) is 0. The molecule has 0 saturated heterocycles. The quantitative estimate of drug-likeness (QED) is 0.326. The SMILES string of the molecule is Cl.O.O.O.[Ca]. The van der Waals surface area contributed by atoms with Gasteiger partial charge in [0.1, 0.15) is 0 Å². The zero-order chi connectivity index (χ0) is 0. The fourth-order valence-electron chi connectivity index (χ4n) is 0. The monoisotopic (exact) mass is 130 g/mol. The van der Waals surface area contributed by atoms with E-state index in [1.165, 1.54) is 0 Å². The molecule has 0 aliphatic rings. The number of hydrogen-bond donors (Lipinski definition) is 0. The smallest absolute Gasteiger partial charge is 0 e. The minimum atomic E-state index is 0. The summed E-state index contributed by atoms with van der Waals surface area (Å²) in [6.07, 6.45) is 0. The molecule has 0 spiro atoms. The molecule has 0 aromatic heterocycles. The molecule has 6 N–H and O–H groups in total. The van der Waals surface area contributed by atoms with Crippen LogP contribution in [0.4, 0.5) is 0 Å². The van der Waals surface area contributed by atoms with Crippen LogP contribution in [-0.2, 0) is 0 Å². The summed E-state index contributed by atoms with van der Waals surface area (Å²) in [5.74, 6) is 0. The van der Waals surface area contributed by atoms with Crippen LogP contribution in [0, 0.1) is 0 Å². The van der Waals surface area contributed by atoms with Gasteiger partial charge < -0.3 is 16.4 Å². The normalized spacial score (nSPS) is 0. The van der Waals surface area contributed by atoms with Crippen LogP contribution >= 0.6 is 12.4 Å². The van der Waals surface area contributed by atoms with Gasteiger partial charge in [0.25, 0.3) is 0 Å². The minimum absolute atomic E-state index is 0. The summed E-state index contributed by atoms with van der Waals surface area (Å²) in [5, 5.41) is 0. The second kappa shape index (κ2) is 52.1. The van der Waals surface area contributed by atoms with Crippen molar-refractivity contribution in [3.8, 4) is 0 Å². The van der Waals surface area contributed by atoms with Crippen molar-refractivity contribution in [1.82, 2.24) is 0 Å². The van der Waals surface area contributed by atoms with E-state index in [-0.39, 0.29) is 66.6 Å². The molecule has 0 amide bonds. The zero-order valence-corrected chi connectivity index (χ0v) is 5.64. The molecule has 3 nitrogen and oxygen atoms in total. The third kappa shape index (κ3) is 31.2. The van der Waals surface area contributed by atoms with Crippen molar-refractivity contribution in [3.63, 3.8) is 0 Å². The summed E-state index contributed by atoms with van der Waals surface area (Å²) in [6.45, 7) is 0. The van der Waals surface area contributed by atoms with Gasteiger partial charge in [0.05, 0.1) is 0 Å². The predicted molar refractivity (Wildman–Crippen MR) is 23.8 cm³/mol. The average Bonchev–Trinajstić information content (AvgIpc) is 0. The molecule has 0 fully saturated rings. The first kappa shape index (κ1) is 92.7. The van der Waals surface area contributed by atoms with Gasteiger partial charge >= 0.3 is 0 Å². The van der Waals surface area contributed by atoms with Crippen LogP contribution in [0.25, 0.3) is 0 Å². The molecule has 0 heterocycles. The first-order chi connectivity index (χ1) is 0. The topological polar surface area (TPSA) is 94.5 Å². The Morgan fingerprint density at radius 1 is 0.600 bits per heavy atom. The Morgan fingerprint density at radius 3 is 0.600 bits per heavy atom. The van der Waals surface area contributed by atoms with Crippen LogP contribution < -0.4 is 0 Å². The van der Waals surface area contributed by atoms with Crippen LogP contribution in [0.3, 0.4) is 0 Å². The van der Waals surface area contributed by atoms with Crippen LogP contribution in [-0.4, -0.2) is 54.2 Å². The molecule has 2 radical (unpaired) electrons. The Hall–Kier alpha value is 1.43. The summed E-state index contributed by atoms with van der Waals surface area (Å²) in [5.41, 5.74) is 0. The molecule has 0 unspecified atom stereocenters. The third-order valence-electron chi connectivity index (χ3n) is 0. The van der Waals surface area contributed by atoms with Gasteiger partial charge in [-0.25, -0.2) is 0 Å². The van der Waals surface area contributed by atoms with Crippen molar-refractivity contribution in [2.45, 2.75) is 0 Å². The van der Waals surface area contributed by atoms with E-state index >= 15 is 0 Å². The molecule has 0 aliphatic heterocycles. The Morgan fingerprint density at radius 2 is 0.600 bits per heavy atom. The van der Waals surface area contributed by atoms with E-state index in [0.29, 0.717) is 0 Å². The number of hydrogen-bond acceptors (Lipinski definition) is 0. The molecule has 0 aliphatic carbocycles. The zero-order valence-electron chi connectivity index (χ0n) is 2.62. The molecule has 0 aromatic rings. The molecule has 5 heavy (non-hydrogen) atoms. The van der Waals surface area contributed by atoms with Gasteiger partial charge in [-0.2, -0.15) is 0 Å². The first-order valence-electron chi connectivity index (χ1n) is 0. The molecule has 0 aromatic carbocycles. The Balaban J connectivity index is 0. The number of halogens is 1. The van der Waals surface area contributed by atoms with Crippen molar-refractivity contribution >= 4 is 50.1 Å². The second-order valence-electron chi connectivity index (χ2n) is 0. The first-order valence-corrected chi connectivity index (χ1v) is 0. The Kier molecular flexibility index (Phi) is 967. The van der Waals surface area contributed by atoms with Crippen molar-refractivity contribution in [2.75, 3.05) is 0 Å². The molecule has 34 valence electrons. The van der Waals surface area contributed by atoms with Gasteiger partial charge in [-0.15, -0.1) is 12.4 Å². The summed E-state index contributed by atoms with van der Waals surface area (Å²) in [7, 11) is 0. The largest absolute Gasteiger partial charge is 0.412 e. The maximum Gasteiger partial charge on any atom is 0 e. The van der Waals surface area contributed by atoms with E-state index in [9.17, 15) is 0 Å². The van der Waals surface area contributed by atoms with Crippen molar-refractivity contribution in [3.05, 3.63) is 0 Å². The number of rotatable bonds is 0. The van der Waals surface area contributed by atoms with Crippen LogP contribution in [0.1, 0.15) is 0 Å². The van der Waals surface area contributed by atoms with E-state index in [2.05, 4.69) is 0 Å². The van der Waals surface area contributed by atoms with Crippen molar-refractivity contribution in [2.24, 2.45) is 0 Å². The molecule has 5 heteroatoms. The van der Waals surface area contributed by atoms with Gasteiger partial charge in [0.2, 0.25) is 0 Å². The summed E-state index contributed by atoms with van der Waals surface area (Å²) in [6, 6.07) is 0. The van der Waals surface area contributed by atoms with Crippen LogP contribution in [0.2, 0.25) is 0 Å². The molecular formula is H7CaClO3. The van der Waals surface area contributed by atoms with Crippen molar-refractivity contribution < 1.29 is 16.4 Å². The van der Waals surface area contributed by atoms with Gasteiger partial charge in [-0.3, -0.25) is 0 Å². The van der Waals surface area contributed by atoms with E-state index in [4.69, 9.17) is 0 Å². The maximum absolute atomic E-state index is 0. The standard InChI is InChI=1S/Ca.ClH.3H2O/h;1H;3*1H2. The van der Waals surface area contributed by atoms with E-state index in [1.54, 1.807) is 0 Å². The van der Waals surface area contributed by atoms with E-state index in [1.807, 2.05) is 0 Å². The minimum Gasteiger partial charge on any atom is -0.412 e. The molecule has 0 saturated carbocycles. The average molecular weight is 131 g/mol. The van der Waals surface area contributed by atoms with E-state index in [0.717, 1.165) is 0 Å². The van der Waals surface area contributed by atoms with Crippen LogP contribution in [0.15, 0.2) is 0 Å². The van der Waals surface area contributed by atoms with Gasteiger partial charge in [-0.1, -0.05) is 0 Å². The van der Waals surface area contributed by atoms with Gasteiger partial charge in [-0.05, 0) is 0 Å². The molecule has 0 bridgehead atoms. The van der Waals surface area contributed by atoms with Gasteiger partial charge in [0.15, 0.2) is 0 Å². The molecule has 0 atom stereocenters. The van der Waals surface area contributed by atoms with Crippen LogP contribution in [0.5, 0.6) is 0 Å². The Labute approximate surface area is 66.1 Å². The fourth-order valence-corrected chi connectivity index (χ4v) is 0. The summed E-state index contributed by atoms with van der Waals surface area (Å²) < 4.78 is 0. The molecular weight excluding hydrogens is 124 g/mol. The van der Waals surface area contributed by atoms with Crippen molar-refractivity contribution in [1.29, 1.82) is 0 Å². The molecule has 0 rings (SSSR count). The Bertz CT molecular complexity index is 6.85. The van der Waals surface area contributed by atoms with E-state index < -0.39 is 0 Å².